The minimum absolute atomic E-state index is 0.0847. The summed E-state index contributed by atoms with van der Waals surface area (Å²) in [5.41, 5.74) is 1.89. The van der Waals surface area contributed by atoms with E-state index in [-0.39, 0.29) is 11.0 Å². The van der Waals surface area contributed by atoms with Crippen LogP contribution in [0.4, 0.5) is 11.4 Å². The highest BCUT2D eigenvalue weighted by atomic mass is 35.5. The van der Waals surface area contributed by atoms with E-state index in [2.05, 4.69) is 16.0 Å². The van der Waals surface area contributed by atoms with Gasteiger partial charge in [0.05, 0.1) is 12.2 Å². The van der Waals surface area contributed by atoms with Gasteiger partial charge in [0, 0.05) is 28.6 Å². The van der Waals surface area contributed by atoms with Gasteiger partial charge in [0.1, 0.15) is 12.4 Å². The Hall–Kier alpha value is -3.46. The summed E-state index contributed by atoms with van der Waals surface area (Å²) in [6, 6.07) is 20.5. The number of hydrogen-bond acceptors (Lipinski definition) is 5. The fraction of sp³-hybridized carbons (Fsp3) is 0.160. The highest BCUT2D eigenvalue weighted by Crippen LogP contribution is 2.19. The predicted molar refractivity (Wildman–Crippen MR) is 138 cm³/mol. The zero-order valence-corrected chi connectivity index (χ0v) is 20.0. The largest absolute Gasteiger partial charge is 0.490 e. The summed E-state index contributed by atoms with van der Waals surface area (Å²) in [5, 5.41) is 8.96. The predicted octanol–water partition coefficient (Wildman–Crippen LogP) is 5.13. The van der Waals surface area contributed by atoms with E-state index >= 15 is 0 Å². The SMILES string of the molecule is CCOCCOc1ccccc1C(=O)NC(=S)Nc1cccc(C(=O)Nc2cccc(Cl)c2)c1. The monoisotopic (exact) mass is 497 g/mol. The minimum Gasteiger partial charge on any atom is -0.490 e. The Morgan fingerprint density at radius 1 is 0.882 bits per heavy atom. The molecule has 0 spiro atoms. The molecule has 0 heterocycles. The maximum absolute atomic E-state index is 12.7. The summed E-state index contributed by atoms with van der Waals surface area (Å²) >= 11 is 11.3. The molecular formula is C25H24ClN3O4S. The summed E-state index contributed by atoms with van der Waals surface area (Å²) in [6.07, 6.45) is 0. The van der Waals surface area contributed by atoms with E-state index in [4.69, 9.17) is 33.3 Å². The molecule has 0 fully saturated rings. The normalized spacial score (nSPS) is 10.3. The summed E-state index contributed by atoms with van der Waals surface area (Å²) in [5.74, 6) is -0.291. The molecule has 34 heavy (non-hydrogen) atoms. The number of thiocarbonyl (C=S) groups is 1. The van der Waals surface area contributed by atoms with Gasteiger partial charge in [0.15, 0.2) is 5.11 Å². The second-order valence-electron chi connectivity index (χ2n) is 7.00. The van der Waals surface area contributed by atoms with Crippen molar-refractivity contribution in [2.75, 3.05) is 30.5 Å². The lowest BCUT2D eigenvalue weighted by atomic mass is 10.2. The van der Waals surface area contributed by atoms with Crippen molar-refractivity contribution in [2.24, 2.45) is 0 Å². The molecule has 0 aliphatic rings. The van der Waals surface area contributed by atoms with Gasteiger partial charge in [-0.3, -0.25) is 14.9 Å². The van der Waals surface area contributed by atoms with Gasteiger partial charge >= 0.3 is 0 Å². The zero-order valence-electron chi connectivity index (χ0n) is 18.5. The van der Waals surface area contributed by atoms with Crippen LogP contribution in [0, 0.1) is 0 Å². The van der Waals surface area contributed by atoms with Crippen LogP contribution in [0.2, 0.25) is 5.02 Å². The van der Waals surface area contributed by atoms with Crippen molar-refractivity contribution < 1.29 is 19.1 Å². The first kappa shape index (κ1) is 25.2. The third-order valence-electron chi connectivity index (χ3n) is 4.51. The van der Waals surface area contributed by atoms with E-state index in [0.717, 1.165) is 0 Å². The topological polar surface area (TPSA) is 88.7 Å². The Morgan fingerprint density at radius 2 is 1.62 bits per heavy atom. The summed E-state index contributed by atoms with van der Waals surface area (Å²) in [4.78, 5) is 25.3. The van der Waals surface area contributed by atoms with E-state index < -0.39 is 5.91 Å². The van der Waals surface area contributed by atoms with Gasteiger partial charge < -0.3 is 20.1 Å². The Labute approximate surface area is 208 Å². The van der Waals surface area contributed by atoms with Crippen LogP contribution in [0.25, 0.3) is 0 Å². The Kier molecular flexibility index (Phi) is 9.40. The average molecular weight is 498 g/mol. The molecule has 3 aromatic rings. The van der Waals surface area contributed by atoms with Crippen molar-refractivity contribution in [2.45, 2.75) is 6.92 Å². The second kappa shape index (κ2) is 12.7. The molecule has 0 saturated heterocycles. The first-order valence-electron chi connectivity index (χ1n) is 10.5. The van der Waals surface area contributed by atoms with Crippen LogP contribution in [-0.2, 0) is 4.74 Å². The maximum Gasteiger partial charge on any atom is 0.261 e. The summed E-state index contributed by atoms with van der Waals surface area (Å²) < 4.78 is 10.9. The molecule has 3 N–H and O–H groups in total. The number of carbonyl (C=O) groups excluding carboxylic acids is 2. The van der Waals surface area contributed by atoms with Crippen molar-refractivity contribution >= 4 is 52.1 Å². The third-order valence-corrected chi connectivity index (χ3v) is 4.95. The molecule has 0 aliphatic carbocycles. The van der Waals surface area contributed by atoms with Crippen LogP contribution in [0.1, 0.15) is 27.6 Å². The number of anilines is 2. The van der Waals surface area contributed by atoms with Gasteiger partial charge in [0.2, 0.25) is 0 Å². The average Bonchev–Trinajstić information content (AvgIpc) is 2.82. The minimum atomic E-state index is -0.417. The molecule has 3 aromatic carbocycles. The Balaban J connectivity index is 1.60. The van der Waals surface area contributed by atoms with Gasteiger partial charge in [-0.05, 0) is 67.7 Å². The third kappa shape index (κ3) is 7.55. The van der Waals surface area contributed by atoms with Crippen LogP contribution in [0.5, 0.6) is 5.75 Å². The molecule has 0 unspecified atom stereocenters. The number of para-hydroxylation sites is 1. The molecule has 0 atom stereocenters. The molecule has 9 heteroatoms. The van der Waals surface area contributed by atoms with E-state index in [0.29, 0.717) is 53.1 Å². The van der Waals surface area contributed by atoms with Crippen LogP contribution in [-0.4, -0.2) is 36.7 Å². The molecule has 0 saturated carbocycles. The van der Waals surface area contributed by atoms with Crippen molar-refractivity contribution in [3.63, 3.8) is 0 Å². The van der Waals surface area contributed by atoms with Crippen molar-refractivity contribution in [1.82, 2.24) is 5.32 Å². The maximum atomic E-state index is 12.7. The lowest BCUT2D eigenvalue weighted by molar-refractivity contribution is 0.0958. The molecule has 7 nitrogen and oxygen atoms in total. The highest BCUT2D eigenvalue weighted by molar-refractivity contribution is 7.80. The van der Waals surface area contributed by atoms with Gasteiger partial charge in [-0.25, -0.2) is 0 Å². The second-order valence-corrected chi connectivity index (χ2v) is 7.84. The van der Waals surface area contributed by atoms with Crippen LogP contribution in [0.15, 0.2) is 72.8 Å². The van der Waals surface area contributed by atoms with E-state index in [1.165, 1.54) is 0 Å². The standard InChI is InChI=1S/C25H24ClN3O4S/c1-2-32-13-14-33-22-12-4-3-11-21(22)24(31)29-25(34)28-19-9-5-7-17(15-19)23(30)27-20-10-6-8-18(26)16-20/h3-12,15-16H,2,13-14H2,1H3,(H,27,30)(H2,28,29,31,34). The molecule has 0 radical (unpaired) electrons. The lowest BCUT2D eigenvalue weighted by Crippen LogP contribution is -2.34. The quantitative estimate of drug-likeness (QED) is 0.280. The number of carbonyl (C=O) groups is 2. The van der Waals surface area contributed by atoms with Crippen molar-refractivity contribution in [3.8, 4) is 5.75 Å². The molecule has 0 aromatic heterocycles. The van der Waals surface area contributed by atoms with Crippen LogP contribution < -0.4 is 20.7 Å². The number of amides is 2. The van der Waals surface area contributed by atoms with E-state index in [1.54, 1.807) is 72.8 Å². The number of ether oxygens (including phenoxy) is 2. The number of hydrogen-bond donors (Lipinski definition) is 3. The molecule has 0 bridgehead atoms. The smallest absolute Gasteiger partial charge is 0.261 e. The number of nitrogens with one attached hydrogen (secondary N) is 3. The van der Waals surface area contributed by atoms with Crippen LogP contribution in [0.3, 0.4) is 0 Å². The zero-order chi connectivity index (χ0) is 24.3. The van der Waals surface area contributed by atoms with Crippen molar-refractivity contribution in [1.29, 1.82) is 0 Å². The first-order chi connectivity index (χ1) is 16.5. The van der Waals surface area contributed by atoms with Gasteiger partial charge in [-0.15, -0.1) is 0 Å². The number of benzene rings is 3. The van der Waals surface area contributed by atoms with Crippen LogP contribution >= 0.6 is 23.8 Å². The molecule has 0 aliphatic heterocycles. The van der Waals surface area contributed by atoms with E-state index in [1.807, 2.05) is 6.92 Å². The Bertz CT molecular complexity index is 1170. The number of halogens is 1. The fourth-order valence-corrected chi connectivity index (χ4v) is 3.38. The Morgan fingerprint density at radius 3 is 2.38 bits per heavy atom. The molecule has 3 rings (SSSR count). The molecular weight excluding hydrogens is 474 g/mol. The molecule has 176 valence electrons. The summed E-state index contributed by atoms with van der Waals surface area (Å²) in [6.45, 7) is 3.24. The summed E-state index contributed by atoms with van der Waals surface area (Å²) in [7, 11) is 0. The van der Waals surface area contributed by atoms with Gasteiger partial charge in [-0.1, -0.05) is 35.9 Å². The lowest BCUT2D eigenvalue weighted by Gasteiger charge is -2.13. The highest BCUT2D eigenvalue weighted by Gasteiger charge is 2.14. The van der Waals surface area contributed by atoms with Crippen molar-refractivity contribution in [3.05, 3.63) is 88.9 Å². The molecule has 2 amide bonds. The van der Waals surface area contributed by atoms with Gasteiger partial charge in [-0.2, -0.15) is 0 Å². The first-order valence-corrected chi connectivity index (χ1v) is 11.3. The van der Waals surface area contributed by atoms with Gasteiger partial charge in [0.25, 0.3) is 11.8 Å². The van der Waals surface area contributed by atoms with E-state index in [9.17, 15) is 9.59 Å². The fourth-order valence-electron chi connectivity index (χ4n) is 2.98. The number of rotatable bonds is 9.